The van der Waals surface area contributed by atoms with E-state index >= 15 is 0 Å². The molecule has 0 unspecified atom stereocenters. The molecule has 4 nitrogen and oxygen atoms in total. The molecule has 0 aliphatic carbocycles. The maximum absolute atomic E-state index is 11.9. The van der Waals surface area contributed by atoms with Gasteiger partial charge in [0, 0.05) is 44.5 Å². The number of amides is 1. The Bertz CT molecular complexity index is 380. The van der Waals surface area contributed by atoms with Gasteiger partial charge in [0.1, 0.15) is 0 Å². The van der Waals surface area contributed by atoms with Crippen molar-refractivity contribution in [3.05, 3.63) is 29.8 Å². The van der Waals surface area contributed by atoms with Crippen molar-refractivity contribution in [2.45, 2.75) is 6.04 Å². The number of nitrogens with zero attached hydrogens (tertiary/aromatic N) is 2. The Morgan fingerprint density at radius 3 is 2.31 bits per heavy atom. The first kappa shape index (κ1) is 11.0. The normalized spacial score (nSPS) is 15.8. The van der Waals surface area contributed by atoms with Crippen LogP contribution in [0.1, 0.15) is 10.4 Å². The van der Waals surface area contributed by atoms with Gasteiger partial charge in [-0.1, -0.05) is 0 Å². The van der Waals surface area contributed by atoms with Crippen molar-refractivity contribution in [2.24, 2.45) is 5.73 Å². The van der Waals surface area contributed by atoms with Crippen LogP contribution in [0.2, 0.25) is 0 Å². The lowest BCUT2D eigenvalue weighted by Crippen LogP contribution is -2.57. The summed E-state index contributed by atoms with van der Waals surface area (Å²) < 4.78 is 0. The van der Waals surface area contributed by atoms with Crippen molar-refractivity contribution in [3.8, 4) is 0 Å². The second kappa shape index (κ2) is 4.14. The number of carbonyl (C=O) groups excluding carboxylic acids is 1. The van der Waals surface area contributed by atoms with Crippen molar-refractivity contribution in [2.75, 3.05) is 32.1 Å². The van der Waals surface area contributed by atoms with Crippen LogP contribution >= 0.6 is 0 Å². The van der Waals surface area contributed by atoms with Crippen molar-refractivity contribution >= 4 is 11.6 Å². The molecule has 1 aromatic rings. The average molecular weight is 219 g/mol. The number of anilines is 1. The molecule has 0 aromatic heterocycles. The smallest absolute Gasteiger partial charge is 0.253 e. The Kier molecular flexibility index (Phi) is 2.83. The lowest BCUT2D eigenvalue weighted by molar-refractivity contribution is 0.0608. The molecule has 1 fully saturated rings. The van der Waals surface area contributed by atoms with Crippen LogP contribution in [0, 0.1) is 0 Å². The molecular formula is C12H17N3O. The lowest BCUT2D eigenvalue weighted by atomic mass is 10.1. The summed E-state index contributed by atoms with van der Waals surface area (Å²) in [5.74, 6) is 0.0759. The summed E-state index contributed by atoms with van der Waals surface area (Å²) in [5, 5.41) is 0. The number of hydrogen-bond donors (Lipinski definition) is 1. The van der Waals surface area contributed by atoms with Crippen LogP contribution in [0.3, 0.4) is 0 Å². The molecule has 1 saturated heterocycles. The standard InChI is InChI=1S/C12H17N3O/c1-14(2)11-5-3-9(4-6-11)12(16)15-7-10(13)8-15/h3-6,10H,7-8,13H2,1-2H3. The molecule has 2 N–H and O–H groups in total. The highest BCUT2D eigenvalue weighted by molar-refractivity contribution is 5.95. The fourth-order valence-corrected chi connectivity index (χ4v) is 1.76. The summed E-state index contributed by atoms with van der Waals surface area (Å²) in [4.78, 5) is 15.7. The van der Waals surface area contributed by atoms with Gasteiger partial charge in [0.2, 0.25) is 0 Å². The summed E-state index contributed by atoms with van der Waals surface area (Å²) in [6, 6.07) is 7.79. The zero-order chi connectivity index (χ0) is 11.7. The van der Waals surface area contributed by atoms with Crippen molar-refractivity contribution < 1.29 is 4.79 Å². The molecule has 86 valence electrons. The van der Waals surface area contributed by atoms with E-state index in [-0.39, 0.29) is 11.9 Å². The number of likely N-dealkylation sites (tertiary alicyclic amines) is 1. The van der Waals surface area contributed by atoms with E-state index in [1.165, 1.54) is 0 Å². The molecular weight excluding hydrogens is 202 g/mol. The Morgan fingerprint density at radius 1 is 1.31 bits per heavy atom. The molecule has 1 aliphatic rings. The van der Waals surface area contributed by atoms with Crippen molar-refractivity contribution in [3.63, 3.8) is 0 Å². The van der Waals surface area contributed by atoms with Crippen LogP contribution in [0.25, 0.3) is 0 Å². The predicted molar refractivity (Wildman–Crippen MR) is 64.6 cm³/mol. The van der Waals surface area contributed by atoms with Gasteiger partial charge >= 0.3 is 0 Å². The van der Waals surface area contributed by atoms with E-state index in [1.54, 1.807) is 4.90 Å². The van der Waals surface area contributed by atoms with Crippen LogP contribution < -0.4 is 10.6 Å². The van der Waals surface area contributed by atoms with Crippen LogP contribution in [0.4, 0.5) is 5.69 Å². The summed E-state index contributed by atoms with van der Waals surface area (Å²) in [6.07, 6.45) is 0. The number of benzene rings is 1. The quantitative estimate of drug-likeness (QED) is 0.789. The lowest BCUT2D eigenvalue weighted by Gasteiger charge is -2.36. The van der Waals surface area contributed by atoms with Crippen molar-refractivity contribution in [1.29, 1.82) is 0 Å². The first-order valence-corrected chi connectivity index (χ1v) is 5.40. The second-order valence-electron chi connectivity index (χ2n) is 4.41. The molecule has 0 spiro atoms. The third-order valence-corrected chi connectivity index (χ3v) is 2.83. The Balaban J connectivity index is 2.07. The SMILES string of the molecule is CN(C)c1ccc(C(=O)N2CC(N)C2)cc1. The minimum absolute atomic E-state index is 0.0759. The Labute approximate surface area is 95.6 Å². The highest BCUT2D eigenvalue weighted by Gasteiger charge is 2.28. The van der Waals surface area contributed by atoms with Crippen LogP contribution in [0.5, 0.6) is 0 Å². The highest BCUT2D eigenvalue weighted by Crippen LogP contribution is 2.16. The number of rotatable bonds is 2. The number of hydrogen-bond acceptors (Lipinski definition) is 3. The van der Waals surface area contributed by atoms with E-state index in [0.29, 0.717) is 13.1 Å². The van der Waals surface area contributed by atoms with E-state index in [0.717, 1.165) is 11.3 Å². The molecule has 0 bridgehead atoms. The molecule has 4 heteroatoms. The zero-order valence-corrected chi connectivity index (χ0v) is 9.68. The van der Waals surface area contributed by atoms with Gasteiger partial charge in [-0.3, -0.25) is 4.79 Å². The van der Waals surface area contributed by atoms with E-state index in [9.17, 15) is 4.79 Å². The highest BCUT2D eigenvalue weighted by atomic mass is 16.2. The fraction of sp³-hybridized carbons (Fsp3) is 0.417. The van der Waals surface area contributed by atoms with Crippen molar-refractivity contribution in [1.82, 2.24) is 4.90 Å². The average Bonchev–Trinajstić information content (AvgIpc) is 2.24. The maximum atomic E-state index is 11.9. The van der Waals surface area contributed by atoms with E-state index < -0.39 is 0 Å². The first-order chi connectivity index (χ1) is 7.58. The molecule has 2 rings (SSSR count). The molecule has 16 heavy (non-hydrogen) atoms. The van der Waals surface area contributed by atoms with Gasteiger partial charge in [-0.2, -0.15) is 0 Å². The molecule has 1 aromatic carbocycles. The number of nitrogens with two attached hydrogens (primary N) is 1. The zero-order valence-electron chi connectivity index (χ0n) is 9.68. The van der Waals surface area contributed by atoms with Crippen LogP contribution in [-0.2, 0) is 0 Å². The summed E-state index contributed by atoms with van der Waals surface area (Å²) >= 11 is 0. The predicted octanol–water partition coefficient (Wildman–Crippen LogP) is 0.536. The number of carbonyl (C=O) groups is 1. The Morgan fingerprint density at radius 2 is 1.88 bits per heavy atom. The molecule has 1 aliphatic heterocycles. The third kappa shape index (κ3) is 2.02. The summed E-state index contributed by atoms with van der Waals surface area (Å²) in [5.41, 5.74) is 7.48. The topological polar surface area (TPSA) is 49.6 Å². The Hall–Kier alpha value is -1.55. The fourth-order valence-electron chi connectivity index (χ4n) is 1.76. The largest absolute Gasteiger partial charge is 0.378 e. The third-order valence-electron chi connectivity index (χ3n) is 2.83. The molecule has 0 saturated carbocycles. The first-order valence-electron chi connectivity index (χ1n) is 5.40. The second-order valence-corrected chi connectivity index (χ2v) is 4.41. The summed E-state index contributed by atoms with van der Waals surface area (Å²) in [6.45, 7) is 1.35. The van der Waals surface area contributed by atoms with Gasteiger partial charge in [-0.15, -0.1) is 0 Å². The molecule has 0 atom stereocenters. The molecule has 0 radical (unpaired) electrons. The molecule has 1 heterocycles. The maximum Gasteiger partial charge on any atom is 0.253 e. The van der Waals surface area contributed by atoms with E-state index in [1.807, 2.05) is 43.3 Å². The van der Waals surface area contributed by atoms with Crippen LogP contribution in [-0.4, -0.2) is 44.0 Å². The van der Waals surface area contributed by atoms with Crippen LogP contribution in [0.15, 0.2) is 24.3 Å². The van der Waals surface area contributed by atoms with Gasteiger partial charge in [-0.25, -0.2) is 0 Å². The van der Waals surface area contributed by atoms with Gasteiger partial charge < -0.3 is 15.5 Å². The minimum Gasteiger partial charge on any atom is -0.378 e. The van der Waals surface area contributed by atoms with E-state index in [4.69, 9.17) is 5.73 Å². The summed E-state index contributed by atoms with van der Waals surface area (Å²) in [7, 11) is 3.95. The molecule has 1 amide bonds. The van der Waals surface area contributed by atoms with Gasteiger partial charge in [0.25, 0.3) is 5.91 Å². The van der Waals surface area contributed by atoms with E-state index in [2.05, 4.69) is 0 Å². The van der Waals surface area contributed by atoms with Gasteiger partial charge in [-0.05, 0) is 24.3 Å². The van der Waals surface area contributed by atoms with Gasteiger partial charge in [0.15, 0.2) is 0 Å². The van der Waals surface area contributed by atoms with Gasteiger partial charge in [0.05, 0.1) is 0 Å². The monoisotopic (exact) mass is 219 g/mol. The minimum atomic E-state index is 0.0759.